The second kappa shape index (κ2) is 8.29. The number of thioether (sulfide) groups is 1. The van der Waals surface area contributed by atoms with Crippen LogP contribution in [0.2, 0.25) is 0 Å². The van der Waals surface area contributed by atoms with E-state index in [1.54, 1.807) is 29.6 Å². The average molecular weight is 420 g/mol. The van der Waals surface area contributed by atoms with Crippen molar-refractivity contribution in [1.82, 2.24) is 9.88 Å². The van der Waals surface area contributed by atoms with E-state index >= 15 is 0 Å². The predicted molar refractivity (Wildman–Crippen MR) is 109 cm³/mol. The number of hydrogen-bond acceptors (Lipinski definition) is 7. The summed E-state index contributed by atoms with van der Waals surface area (Å²) in [6, 6.07) is 8.53. The number of nitrogens with one attached hydrogen (secondary N) is 2. The largest absolute Gasteiger partial charge is 0.480 e. The number of benzene rings is 1. The molecule has 3 amide bonds. The first-order valence-electron chi connectivity index (χ1n) is 7.48. The topological polar surface area (TPSA) is 112 Å². The molecule has 0 unspecified atom stereocenters. The lowest BCUT2D eigenvalue weighted by Crippen LogP contribution is -2.33. The molecule has 1 aliphatic rings. The minimum absolute atomic E-state index is 0.185. The third-order valence-corrected chi connectivity index (χ3v) is 5.37. The maximum Gasteiger partial charge on any atom is 0.325 e. The van der Waals surface area contributed by atoms with Crippen LogP contribution in [0.1, 0.15) is 5.69 Å². The number of anilines is 2. The molecule has 1 aliphatic heterocycles. The van der Waals surface area contributed by atoms with Crippen LogP contribution in [0, 0.1) is 0 Å². The molecule has 1 aromatic heterocycles. The van der Waals surface area contributed by atoms with Gasteiger partial charge in [-0.1, -0.05) is 42.2 Å². The molecular weight excluding hydrogens is 408 g/mol. The van der Waals surface area contributed by atoms with Gasteiger partial charge in [0.2, 0.25) is 0 Å². The minimum atomic E-state index is -1.14. The zero-order valence-electron chi connectivity index (χ0n) is 13.5. The van der Waals surface area contributed by atoms with Crippen molar-refractivity contribution in [3.63, 3.8) is 0 Å². The summed E-state index contributed by atoms with van der Waals surface area (Å²) in [6.07, 6.45) is 1.51. The van der Waals surface area contributed by atoms with E-state index in [4.69, 9.17) is 17.3 Å². The van der Waals surface area contributed by atoms with Crippen LogP contribution in [-0.2, 0) is 9.59 Å². The molecule has 0 atom stereocenters. The second-order valence-electron chi connectivity index (χ2n) is 5.18. The summed E-state index contributed by atoms with van der Waals surface area (Å²) in [5.41, 5.74) is 1.11. The summed E-state index contributed by atoms with van der Waals surface area (Å²) < 4.78 is 0.185. The van der Waals surface area contributed by atoms with Crippen LogP contribution in [0.4, 0.5) is 15.6 Å². The summed E-state index contributed by atoms with van der Waals surface area (Å²) in [4.78, 5) is 40.5. The number of nitrogens with zero attached hydrogens (tertiary/aromatic N) is 2. The Labute approximate surface area is 167 Å². The van der Waals surface area contributed by atoms with Gasteiger partial charge in [0.25, 0.3) is 5.91 Å². The number of aliphatic carboxylic acids is 1. The monoisotopic (exact) mass is 420 g/mol. The highest BCUT2D eigenvalue weighted by molar-refractivity contribution is 8.26. The maximum atomic E-state index is 12.2. The van der Waals surface area contributed by atoms with Gasteiger partial charge in [0.1, 0.15) is 10.9 Å². The number of rotatable bonds is 5. The molecule has 3 rings (SSSR count). The summed E-state index contributed by atoms with van der Waals surface area (Å²) in [7, 11) is 0. The average Bonchev–Trinajstić information content (AvgIpc) is 3.15. The first kappa shape index (κ1) is 19.0. The molecule has 1 aromatic carbocycles. The Morgan fingerprint density at radius 1 is 1.26 bits per heavy atom. The van der Waals surface area contributed by atoms with E-state index in [0.717, 1.165) is 16.7 Å². The number of amides is 3. The Balaban J connectivity index is 1.65. The van der Waals surface area contributed by atoms with Crippen LogP contribution in [0.15, 0.2) is 40.6 Å². The standard InChI is InChI=1S/C16H12N4O4S3/c21-12(22)7-20-13(23)11(27-16(20)25)6-10-8-26-15(18-10)19-14(24)17-9-4-2-1-3-5-9/h1-6,8H,7H2,(H,21,22)(H2,17,18,19,24)/b11-6-. The SMILES string of the molecule is O=C(O)CN1C(=O)/C(=C/c2csc(NC(=O)Nc3ccccc3)n2)SC1=S. The van der Waals surface area contributed by atoms with Gasteiger partial charge in [0.15, 0.2) is 5.13 Å². The molecule has 11 heteroatoms. The highest BCUT2D eigenvalue weighted by Crippen LogP contribution is 2.32. The first-order chi connectivity index (χ1) is 12.9. The van der Waals surface area contributed by atoms with Crippen LogP contribution in [0.25, 0.3) is 6.08 Å². The molecular formula is C16H12N4O4S3. The van der Waals surface area contributed by atoms with Crippen molar-refractivity contribution in [2.24, 2.45) is 0 Å². The number of thiazole rings is 1. The summed E-state index contributed by atoms with van der Waals surface area (Å²) >= 11 is 7.25. The lowest BCUT2D eigenvalue weighted by Gasteiger charge is -2.09. The number of para-hydroxylation sites is 1. The lowest BCUT2D eigenvalue weighted by molar-refractivity contribution is -0.140. The Morgan fingerprint density at radius 2 is 2.00 bits per heavy atom. The van der Waals surface area contributed by atoms with Crippen molar-refractivity contribution in [2.45, 2.75) is 0 Å². The van der Waals surface area contributed by atoms with Crippen LogP contribution < -0.4 is 10.6 Å². The molecule has 1 fully saturated rings. The molecule has 1 saturated heterocycles. The van der Waals surface area contributed by atoms with Crippen LogP contribution in [0.3, 0.4) is 0 Å². The van der Waals surface area contributed by atoms with Crippen molar-refractivity contribution in [2.75, 3.05) is 17.2 Å². The van der Waals surface area contributed by atoms with E-state index in [-0.39, 0.29) is 9.23 Å². The molecule has 0 bridgehead atoms. The van der Waals surface area contributed by atoms with Gasteiger partial charge in [0, 0.05) is 11.1 Å². The fraction of sp³-hybridized carbons (Fsp3) is 0.0625. The molecule has 3 N–H and O–H groups in total. The van der Waals surface area contributed by atoms with Crippen LogP contribution >= 0.6 is 35.3 Å². The summed E-state index contributed by atoms with van der Waals surface area (Å²) in [5, 5.41) is 16.2. The third-order valence-electron chi connectivity index (χ3n) is 3.22. The summed E-state index contributed by atoms with van der Waals surface area (Å²) in [6.45, 7) is -0.481. The number of urea groups is 1. The molecule has 0 spiro atoms. The number of carbonyl (C=O) groups excluding carboxylic acids is 2. The van der Waals surface area contributed by atoms with Gasteiger partial charge in [-0.05, 0) is 18.2 Å². The number of carboxylic acids is 1. The quantitative estimate of drug-likeness (QED) is 0.503. The van der Waals surface area contributed by atoms with Crippen LogP contribution in [0.5, 0.6) is 0 Å². The van der Waals surface area contributed by atoms with Gasteiger partial charge in [-0.25, -0.2) is 9.78 Å². The van der Waals surface area contributed by atoms with E-state index in [0.29, 0.717) is 16.5 Å². The van der Waals surface area contributed by atoms with Gasteiger partial charge >= 0.3 is 12.0 Å². The fourth-order valence-corrected chi connectivity index (χ4v) is 4.00. The predicted octanol–water partition coefficient (Wildman–Crippen LogP) is 3.07. The normalized spacial score (nSPS) is 15.3. The fourth-order valence-electron chi connectivity index (χ4n) is 2.10. The molecule has 0 saturated carbocycles. The summed E-state index contributed by atoms with van der Waals surface area (Å²) in [5.74, 6) is -1.62. The highest BCUT2D eigenvalue weighted by Gasteiger charge is 2.33. The Morgan fingerprint density at radius 3 is 2.70 bits per heavy atom. The van der Waals surface area contributed by atoms with E-state index in [1.807, 2.05) is 6.07 Å². The molecule has 138 valence electrons. The number of carboxylic acid groups (broad SMARTS) is 1. The Hall–Kier alpha value is -2.76. The van der Waals surface area contributed by atoms with Gasteiger partial charge in [-0.15, -0.1) is 11.3 Å². The van der Waals surface area contributed by atoms with E-state index in [2.05, 4.69) is 15.6 Å². The zero-order chi connectivity index (χ0) is 19.4. The Bertz CT molecular complexity index is 942. The molecule has 8 nitrogen and oxygen atoms in total. The van der Waals surface area contributed by atoms with Crippen molar-refractivity contribution in [1.29, 1.82) is 0 Å². The van der Waals surface area contributed by atoms with E-state index < -0.39 is 24.5 Å². The van der Waals surface area contributed by atoms with E-state index in [9.17, 15) is 14.4 Å². The first-order valence-corrected chi connectivity index (χ1v) is 9.58. The number of thiocarbonyl (C=S) groups is 1. The number of hydrogen-bond donors (Lipinski definition) is 3. The minimum Gasteiger partial charge on any atom is -0.480 e. The van der Waals surface area contributed by atoms with Gasteiger partial charge in [0.05, 0.1) is 10.6 Å². The maximum absolute atomic E-state index is 12.2. The van der Waals surface area contributed by atoms with Crippen molar-refractivity contribution >= 4 is 74.4 Å². The van der Waals surface area contributed by atoms with E-state index in [1.165, 1.54) is 17.4 Å². The van der Waals surface area contributed by atoms with Gasteiger partial charge in [-0.2, -0.15) is 0 Å². The molecule has 27 heavy (non-hydrogen) atoms. The molecule has 2 aromatic rings. The van der Waals surface area contributed by atoms with Crippen molar-refractivity contribution in [3.05, 3.63) is 46.3 Å². The molecule has 0 radical (unpaired) electrons. The van der Waals surface area contributed by atoms with Gasteiger partial charge < -0.3 is 10.4 Å². The molecule has 0 aliphatic carbocycles. The number of carbonyl (C=O) groups is 3. The van der Waals surface area contributed by atoms with Crippen molar-refractivity contribution in [3.8, 4) is 0 Å². The van der Waals surface area contributed by atoms with Gasteiger partial charge in [-0.3, -0.25) is 19.8 Å². The van der Waals surface area contributed by atoms with Crippen molar-refractivity contribution < 1.29 is 19.5 Å². The Kier molecular flexibility index (Phi) is 5.84. The third kappa shape index (κ3) is 4.90. The highest BCUT2D eigenvalue weighted by atomic mass is 32.2. The number of aromatic nitrogens is 1. The van der Waals surface area contributed by atoms with Crippen LogP contribution in [-0.4, -0.2) is 43.8 Å². The smallest absolute Gasteiger partial charge is 0.325 e. The second-order valence-corrected chi connectivity index (χ2v) is 7.72. The lowest BCUT2D eigenvalue weighted by atomic mass is 10.3. The molecule has 2 heterocycles. The zero-order valence-corrected chi connectivity index (χ0v) is 16.0.